The van der Waals surface area contributed by atoms with Crippen molar-refractivity contribution < 1.29 is 4.79 Å². The molecule has 12 heavy (non-hydrogen) atoms. The summed E-state index contributed by atoms with van der Waals surface area (Å²) in [6, 6.07) is 9.57. The molecule has 0 aliphatic rings. The van der Waals surface area contributed by atoms with Crippen LogP contribution in [0.4, 0.5) is 5.69 Å². The average molecular weight is 164 g/mol. The second-order valence-corrected chi connectivity index (χ2v) is 2.48. The Kier molecular flexibility index (Phi) is 3.29. The Morgan fingerprint density at radius 1 is 1.33 bits per heavy atom. The van der Waals surface area contributed by atoms with Crippen LogP contribution >= 0.6 is 0 Å². The van der Waals surface area contributed by atoms with Crippen LogP contribution < -0.4 is 10.9 Å². The van der Waals surface area contributed by atoms with Crippen LogP contribution in [0.5, 0.6) is 0 Å². The smallest absolute Gasteiger partial charge is 0.121 e. The Bertz CT molecular complexity index is 236. The number of hydrazine groups is 1. The zero-order chi connectivity index (χ0) is 8.81. The number of aldehydes is 1. The minimum absolute atomic E-state index is 0.464. The largest absolute Gasteiger partial charge is 0.311 e. The molecule has 0 aromatic heterocycles. The van der Waals surface area contributed by atoms with Crippen LogP contribution in [0, 0.1) is 0 Å². The van der Waals surface area contributed by atoms with E-state index >= 15 is 0 Å². The highest BCUT2D eigenvalue weighted by atomic mass is 16.1. The van der Waals surface area contributed by atoms with Gasteiger partial charge in [0.1, 0.15) is 6.29 Å². The minimum Gasteiger partial charge on any atom is -0.311 e. The van der Waals surface area contributed by atoms with E-state index in [2.05, 4.69) is 0 Å². The summed E-state index contributed by atoms with van der Waals surface area (Å²) in [5.41, 5.74) is 0.930. The van der Waals surface area contributed by atoms with Crippen molar-refractivity contribution in [3.63, 3.8) is 0 Å². The van der Waals surface area contributed by atoms with Crippen molar-refractivity contribution >= 4 is 12.0 Å². The van der Waals surface area contributed by atoms with Gasteiger partial charge >= 0.3 is 0 Å². The van der Waals surface area contributed by atoms with Crippen molar-refractivity contribution in [1.29, 1.82) is 0 Å². The van der Waals surface area contributed by atoms with Gasteiger partial charge in [-0.25, -0.2) is 5.84 Å². The fourth-order valence-electron chi connectivity index (χ4n) is 0.940. The summed E-state index contributed by atoms with van der Waals surface area (Å²) in [5, 5.41) is 1.56. The summed E-state index contributed by atoms with van der Waals surface area (Å²) in [4.78, 5) is 10.1. The summed E-state index contributed by atoms with van der Waals surface area (Å²) in [6.45, 7) is 0.563. The number of para-hydroxylation sites is 1. The number of nitrogens with two attached hydrogens (primary N) is 1. The van der Waals surface area contributed by atoms with E-state index in [0.717, 1.165) is 12.0 Å². The fourth-order valence-corrected chi connectivity index (χ4v) is 0.940. The molecule has 0 aliphatic heterocycles. The van der Waals surface area contributed by atoms with Crippen molar-refractivity contribution in [3.8, 4) is 0 Å². The van der Waals surface area contributed by atoms with Crippen molar-refractivity contribution in [2.24, 2.45) is 5.84 Å². The van der Waals surface area contributed by atoms with Gasteiger partial charge in [0.05, 0.1) is 5.69 Å². The average Bonchev–Trinajstić information content (AvgIpc) is 2.15. The highest BCUT2D eigenvalue weighted by Crippen LogP contribution is 2.08. The van der Waals surface area contributed by atoms with Gasteiger partial charge in [-0.3, -0.25) is 0 Å². The van der Waals surface area contributed by atoms with E-state index < -0.39 is 0 Å². The predicted octanol–water partition coefficient (Wildman–Crippen LogP) is 0.956. The van der Waals surface area contributed by atoms with Gasteiger partial charge in [-0.15, -0.1) is 0 Å². The maximum Gasteiger partial charge on any atom is 0.121 e. The molecule has 0 aliphatic carbocycles. The molecule has 0 spiro atoms. The zero-order valence-corrected chi connectivity index (χ0v) is 6.81. The molecule has 0 fully saturated rings. The third kappa shape index (κ3) is 2.36. The summed E-state index contributed by atoms with van der Waals surface area (Å²) >= 11 is 0. The number of hydrogen-bond acceptors (Lipinski definition) is 3. The highest BCUT2D eigenvalue weighted by molar-refractivity contribution is 5.52. The lowest BCUT2D eigenvalue weighted by atomic mass is 10.3. The van der Waals surface area contributed by atoms with Gasteiger partial charge in [-0.1, -0.05) is 18.2 Å². The number of rotatable bonds is 4. The molecule has 0 atom stereocenters. The molecule has 0 unspecified atom stereocenters. The topological polar surface area (TPSA) is 46.3 Å². The zero-order valence-electron chi connectivity index (χ0n) is 6.81. The Balaban J connectivity index is 2.53. The van der Waals surface area contributed by atoms with Gasteiger partial charge in [-0.2, -0.15) is 0 Å². The molecule has 1 rings (SSSR count). The molecular formula is C9H12N2O. The lowest BCUT2D eigenvalue weighted by Crippen LogP contribution is -2.31. The van der Waals surface area contributed by atoms with Gasteiger partial charge in [0.25, 0.3) is 0 Å². The van der Waals surface area contributed by atoms with Crippen LogP contribution in [-0.2, 0) is 4.79 Å². The van der Waals surface area contributed by atoms with Crippen LogP contribution in [0.2, 0.25) is 0 Å². The van der Waals surface area contributed by atoms with E-state index in [4.69, 9.17) is 5.84 Å². The Morgan fingerprint density at radius 2 is 2.00 bits per heavy atom. The number of carbonyl (C=O) groups excluding carboxylic acids is 1. The first-order valence-electron chi connectivity index (χ1n) is 3.85. The third-order valence-electron chi connectivity index (χ3n) is 1.58. The maximum atomic E-state index is 10.1. The molecule has 0 heterocycles. The summed E-state index contributed by atoms with van der Waals surface area (Å²) in [6.07, 6.45) is 1.33. The number of anilines is 1. The molecule has 3 nitrogen and oxygen atoms in total. The highest BCUT2D eigenvalue weighted by Gasteiger charge is 1.97. The molecule has 64 valence electrons. The molecule has 1 aromatic carbocycles. The van der Waals surface area contributed by atoms with Crippen molar-refractivity contribution in [3.05, 3.63) is 30.3 Å². The van der Waals surface area contributed by atoms with Crippen molar-refractivity contribution in [2.45, 2.75) is 6.42 Å². The van der Waals surface area contributed by atoms with Crippen molar-refractivity contribution in [2.75, 3.05) is 11.6 Å². The molecule has 0 bridgehead atoms. The van der Waals surface area contributed by atoms with E-state index in [9.17, 15) is 4.79 Å². The van der Waals surface area contributed by atoms with Gasteiger partial charge in [0.15, 0.2) is 0 Å². The van der Waals surface area contributed by atoms with Crippen LogP contribution in [0.1, 0.15) is 6.42 Å². The molecular weight excluding hydrogens is 152 g/mol. The van der Waals surface area contributed by atoms with E-state index in [-0.39, 0.29) is 0 Å². The molecule has 0 saturated carbocycles. The normalized spacial score (nSPS) is 9.42. The standard InChI is InChI=1S/C9H12N2O/c10-11(7-4-8-12)9-5-2-1-3-6-9/h1-3,5-6,8H,4,7,10H2. The molecule has 3 heteroatoms. The number of benzene rings is 1. The lowest BCUT2D eigenvalue weighted by Gasteiger charge is -2.16. The molecule has 2 N–H and O–H groups in total. The van der Waals surface area contributed by atoms with E-state index in [0.29, 0.717) is 13.0 Å². The first kappa shape index (κ1) is 8.74. The molecule has 1 aromatic rings. The van der Waals surface area contributed by atoms with E-state index in [1.54, 1.807) is 5.01 Å². The number of hydrogen-bond donors (Lipinski definition) is 1. The van der Waals surface area contributed by atoms with Gasteiger partial charge < -0.3 is 9.80 Å². The summed E-state index contributed by atoms with van der Waals surface area (Å²) in [7, 11) is 0. The molecule has 0 saturated heterocycles. The predicted molar refractivity (Wildman–Crippen MR) is 48.7 cm³/mol. The maximum absolute atomic E-state index is 10.1. The Morgan fingerprint density at radius 3 is 2.58 bits per heavy atom. The van der Waals surface area contributed by atoms with E-state index in [1.807, 2.05) is 30.3 Å². The number of nitrogens with zero attached hydrogens (tertiary/aromatic N) is 1. The Labute approximate surface area is 71.8 Å². The van der Waals surface area contributed by atoms with Crippen LogP contribution in [0.15, 0.2) is 30.3 Å². The van der Waals surface area contributed by atoms with Crippen LogP contribution in [-0.4, -0.2) is 12.8 Å². The van der Waals surface area contributed by atoms with Gasteiger partial charge in [0, 0.05) is 13.0 Å². The van der Waals surface area contributed by atoms with Gasteiger partial charge in [-0.05, 0) is 12.1 Å². The van der Waals surface area contributed by atoms with Crippen LogP contribution in [0.25, 0.3) is 0 Å². The molecule has 0 amide bonds. The first-order valence-corrected chi connectivity index (χ1v) is 3.85. The second-order valence-electron chi connectivity index (χ2n) is 2.48. The molecule has 0 radical (unpaired) electrons. The van der Waals surface area contributed by atoms with Gasteiger partial charge in [0.2, 0.25) is 0 Å². The fraction of sp³-hybridized carbons (Fsp3) is 0.222. The first-order chi connectivity index (χ1) is 5.84. The minimum atomic E-state index is 0.464. The second kappa shape index (κ2) is 4.51. The quantitative estimate of drug-likeness (QED) is 0.409. The summed E-state index contributed by atoms with van der Waals surface area (Å²) < 4.78 is 0. The monoisotopic (exact) mass is 164 g/mol. The summed E-state index contributed by atoms with van der Waals surface area (Å²) in [5.74, 6) is 5.66. The SMILES string of the molecule is NN(CCC=O)c1ccccc1. The van der Waals surface area contributed by atoms with Crippen LogP contribution in [0.3, 0.4) is 0 Å². The third-order valence-corrected chi connectivity index (χ3v) is 1.58. The Hall–Kier alpha value is -1.35. The van der Waals surface area contributed by atoms with Crippen molar-refractivity contribution in [1.82, 2.24) is 0 Å². The lowest BCUT2D eigenvalue weighted by molar-refractivity contribution is -0.107. The van der Waals surface area contributed by atoms with E-state index in [1.165, 1.54) is 0 Å². The number of carbonyl (C=O) groups is 1.